The van der Waals surface area contributed by atoms with Gasteiger partial charge in [-0.1, -0.05) is 29.8 Å². The quantitative estimate of drug-likeness (QED) is 0.903. The van der Waals surface area contributed by atoms with E-state index in [1.54, 1.807) is 6.20 Å². The van der Waals surface area contributed by atoms with Crippen LogP contribution in [0.15, 0.2) is 36.7 Å². The van der Waals surface area contributed by atoms with Crippen molar-refractivity contribution >= 4 is 17.4 Å². The Balaban J connectivity index is 1.86. The normalized spacial score (nSPS) is 17.7. The lowest BCUT2D eigenvalue weighted by molar-refractivity contribution is 0.274. The van der Waals surface area contributed by atoms with Gasteiger partial charge in [-0.2, -0.15) is 0 Å². The average molecular weight is 262 g/mol. The van der Waals surface area contributed by atoms with E-state index >= 15 is 0 Å². The lowest BCUT2D eigenvalue weighted by Crippen LogP contribution is -2.20. The third-order valence-electron chi connectivity index (χ3n) is 2.89. The maximum atomic E-state index is 5.82. The number of aromatic nitrogens is 2. The zero-order valence-electron chi connectivity index (χ0n) is 9.64. The van der Waals surface area contributed by atoms with Crippen molar-refractivity contribution in [1.29, 1.82) is 0 Å². The fraction of sp³-hybridized carbons (Fsp3) is 0.231. The first-order valence-corrected chi connectivity index (χ1v) is 6.16. The summed E-state index contributed by atoms with van der Waals surface area (Å²) in [5, 5.41) is 3.73. The topological polar surface area (TPSA) is 47.0 Å². The molecule has 4 nitrogen and oxygen atoms in total. The van der Waals surface area contributed by atoms with E-state index in [1.807, 2.05) is 18.2 Å². The van der Waals surface area contributed by atoms with Gasteiger partial charge in [-0.15, -0.1) is 0 Å². The van der Waals surface area contributed by atoms with Crippen LogP contribution < -0.4 is 10.1 Å². The van der Waals surface area contributed by atoms with E-state index in [-0.39, 0.29) is 6.04 Å². The summed E-state index contributed by atoms with van der Waals surface area (Å²) in [6.45, 7) is 0.697. The molecule has 1 aliphatic rings. The highest BCUT2D eigenvalue weighted by Crippen LogP contribution is 2.33. The molecule has 0 saturated carbocycles. The van der Waals surface area contributed by atoms with Crippen LogP contribution in [-0.4, -0.2) is 16.6 Å². The van der Waals surface area contributed by atoms with Crippen LogP contribution in [0.4, 0.5) is 5.82 Å². The molecule has 2 heterocycles. The molecule has 0 radical (unpaired) electrons. The summed E-state index contributed by atoms with van der Waals surface area (Å²) in [4.78, 5) is 8.21. The van der Waals surface area contributed by atoms with Gasteiger partial charge >= 0.3 is 0 Å². The molecule has 0 spiro atoms. The van der Waals surface area contributed by atoms with Crippen LogP contribution in [0.5, 0.6) is 5.75 Å². The highest BCUT2D eigenvalue weighted by atomic mass is 35.5. The van der Waals surface area contributed by atoms with Gasteiger partial charge in [-0.25, -0.2) is 4.98 Å². The van der Waals surface area contributed by atoms with Crippen molar-refractivity contribution in [1.82, 2.24) is 9.97 Å². The minimum Gasteiger partial charge on any atom is -0.493 e. The van der Waals surface area contributed by atoms with Crippen molar-refractivity contribution in [2.45, 2.75) is 12.5 Å². The number of halogens is 1. The largest absolute Gasteiger partial charge is 0.493 e. The van der Waals surface area contributed by atoms with Gasteiger partial charge in [0.2, 0.25) is 0 Å². The minimum absolute atomic E-state index is 0.183. The molecule has 0 bridgehead atoms. The molecule has 2 aromatic rings. The molecular weight excluding hydrogens is 250 g/mol. The lowest BCUT2D eigenvalue weighted by Gasteiger charge is -2.26. The number of ether oxygens (including phenoxy) is 1. The maximum Gasteiger partial charge on any atom is 0.149 e. The molecule has 3 rings (SSSR count). The summed E-state index contributed by atoms with van der Waals surface area (Å²) in [5.41, 5.74) is 1.14. The van der Waals surface area contributed by atoms with Crippen LogP contribution in [0.2, 0.25) is 5.15 Å². The molecule has 5 heteroatoms. The second kappa shape index (κ2) is 4.82. The van der Waals surface area contributed by atoms with Gasteiger partial charge in [0, 0.05) is 12.0 Å². The third kappa shape index (κ3) is 2.24. The van der Waals surface area contributed by atoms with E-state index in [1.165, 1.54) is 6.20 Å². The Labute approximate surface area is 110 Å². The zero-order valence-corrected chi connectivity index (χ0v) is 10.4. The average Bonchev–Trinajstić information content (AvgIpc) is 2.39. The second-order valence-electron chi connectivity index (χ2n) is 4.10. The smallest absolute Gasteiger partial charge is 0.149 e. The number of nitrogens with zero attached hydrogens (tertiary/aromatic N) is 2. The molecule has 0 aliphatic carbocycles. The van der Waals surface area contributed by atoms with E-state index < -0.39 is 0 Å². The van der Waals surface area contributed by atoms with Crippen molar-refractivity contribution in [2.24, 2.45) is 0 Å². The molecule has 0 amide bonds. The summed E-state index contributed by atoms with van der Waals surface area (Å²) in [7, 11) is 0. The van der Waals surface area contributed by atoms with Gasteiger partial charge in [0.25, 0.3) is 0 Å². The molecule has 0 fully saturated rings. The zero-order chi connectivity index (χ0) is 12.4. The van der Waals surface area contributed by atoms with Crippen LogP contribution in [0.1, 0.15) is 18.0 Å². The van der Waals surface area contributed by atoms with E-state index in [0.29, 0.717) is 17.6 Å². The third-order valence-corrected chi connectivity index (χ3v) is 3.07. The summed E-state index contributed by atoms with van der Waals surface area (Å²) in [6.07, 6.45) is 4.08. The maximum absolute atomic E-state index is 5.82. The van der Waals surface area contributed by atoms with Crippen LogP contribution in [0.3, 0.4) is 0 Å². The Hall–Kier alpha value is -1.81. The standard InChI is InChI=1S/C13H12ClN3O/c14-12-7-15-8-13(17-12)16-10-5-6-18-11-4-2-1-3-9(10)11/h1-4,7-8,10H,5-6H2,(H,16,17). The number of rotatable bonds is 2. The summed E-state index contributed by atoms with van der Waals surface area (Å²) in [6, 6.07) is 8.20. The predicted octanol–water partition coefficient (Wildman–Crippen LogP) is 3.07. The molecule has 1 aromatic carbocycles. The van der Waals surface area contributed by atoms with Crippen molar-refractivity contribution < 1.29 is 4.74 Å². The first-order chi connectivity index (χ1) is 8.83. The minimum atomic E-state index is 0.183. The molecule has 1 unspecified atom stereocenters. The fourth-order valence-electron chi connectivity index (χ4n) is 2.08. The van der Waals surface area contributed by atoms with Gasteiger partial charge in [-0.05, 0) is 6.07 Å². The first kappa shape index (κ1) is 11.3. The number of para-hydroxylation sites is 1. The molecule has 1 aromatic heterocycles. The van der Waals surface area contributed by atoms with Gasteiger partial charge in [0.15, 0.2) is 0 Å². The molecule has 1 aliphatic heterocycles. The SMILES string of the molecule is Clc1cncc(NC2CCOc3ccccc32)n1. The van der Waals surface area contributed by atoms with Crippen molar-refractivity contribution in [3.05, 3.63) is 47.4 Å². The Morgan fingerprint density at radius 2 is 2.17 bits per heavy atom. The first-order valence-electron chi connectivity index (χ1n) is 5.79. The molecule has 1 N–H and O–H groups in total. The molecule has 1 atom stereocenters. The molecule has 18 heavy (non-hydrogen) atoms. The number of hydrogen-bond donors (Lipinski definition) is 1. The van der Waals surface area contributed by atoms with E-state index in [4.69, 9.17) is 16.3 Å². The fourth-order valence-corrected chi connectivity index (χ4v) is 2.23. The number of benzene rings is 1. The monoisotopic (exact) mass is 261 g/mol. The Morgan fingerprint density at radius 3 is 3.06 bits per heavy atom. The summed E-state index contributed by atoms with van der Waals surface area (Å²) >= 11 is 5.82. The number of nitrogens with one attached hydrogen (secondary N) is 1. The number of anilines is 1. The van der Waals surface area contributed by atoms with Gasteiger partial charge in [0.1, 0.15) is 16.7 Å². The summed E-state index contributed by atoms with van der Waals surface area (Å²) in [5.74, 6) is 1.61. The molecular formula is C13H12ClN3O. The Kier molecular flexibility index (Phi) is 3.02. The summed E-state index contributed by atoms with van der Waals surface area (Å²) < 4.78 is 5.61. The second-order valence-corrected chi connectivity index (χ2v) is 4.49. The Morgan fingerprint density at radius 1 is 1.28 bits per heavy atom. The van der Waals surface area contributed by atoms with Crippen LogP contribution in [0, 0.1) is 0 Å². The van der Waals surface area contributed by atoms with Crippen molar-refractivity contribution in [2.75, 3.05) is 11.9 Å². The van der Waals surface area contributed by atoms with E-state index in [9.17, 15) is 0 Å². The van der Waals surface area contributed by atoms with Crippen molar-refractivity contribution in [3.8, 4) is 5.75 Å². The number of hydrogen-bond acceptors (Lipinski definition) is 4. The Bertz CT molecular complexity index is 561. The number of fused-ring (bicyclic) bond motifs is 1. The van der Waals surface area contributed by atoms with Crippen LogP contribution >= 0.6 is 11.6 Å². The predicted molar refractivity (Wildman–Crippen MR) is 70.0 cm³/mol. The van der Waals surface area contributed by atoms with Crippen LogP contribution in [0.25, 0.3) is 0 Å². The molecule has 92 valence electrons. The van der Waals surface area contributed by atoms with Crippen LogP contribution in [-0.2, 0) is 0 Å². The highest BCUT2D eigenvalue weighted by Gasteiger charge is 2.21. The van der Waals surface area contributed by atoms with E-state index in [0.717, 1.165) is 17.7 Å². The van der Waals surface area contributed by atoms with E-state index in [2.05, 4.69) is 21.4 Å². The highest BCUT2D eigenvalue weighted by molar-refractivity contribution is 6.29. The lowest BCUT2D eigenvalue weighted by atomic mass is 10.0. The van der Waals surface area contributed by atoms with Gasteiger partial charge in [0.05, 0.1) is 25.0 Å². The molecule has 0 saturated heterocycles. The van der Waals surface area contributed by atoms with Gasteiger partial charge < -0.3 is 10.1 Å². The van der Waals surface area contributed by atoms with Gasteiger partial charge in [-0.3, -0.25) is 4.98 Å². The van der Waals surface area contributed by atoms with Crippen molar-refractivity contribution in [3.63, 3.8) is 0 Å².